The molecular formula is C21H19N5O2. The number of benzene rings is 2. The van der Waals surface area contributed by atoms with Gasteiger partial charge in [0.15, 0.2) is 11.2 Å². The molecule has 5 rings (SSSR count). The van der Waals surface area contributed by atoms with Crippen LogP contribution in [0.15, 0.2) is 41.2 Å². The van der Waals surface area contributed by atoms with Gasteiger partial charge in [0.1, 0.15) is 0 Å². The minimum absolute atomic E-state index is 0.0251. The van der Waals surface area contributed by atoms with Crippen molar-refractivity contribution in [2.75, 3.05) is 5.32 Å². The average Bonchev–Trinajstić information content (AvgIpc) is 3.14. The third-order valence-corrected chi connectivity index (χ3v) is 5.37. The Kier molecular flexibility index (Phi) is 3.75. The number of nitrogens with one attached hydrogen (secondary N) is 2. The van der Waals surface area contributed by atoms with Crippen molar-refractivity contribution in [2.24, 2.45) is 0 Å². The molecule has 4 aromatic rings. The van der Waals surface area contributed by atoms with E-state index in [1.54, 1.807) is 0 Å². The molecule has 7 nitrogen and oxygen atoms in total. The normalized spacial score (nSPS) is 13.6. The van der Waals surface area contributed by atoms with Crippen LogP contribution in [0.25, 0.3) is 16.6 Å². The summed E-state index contributed by atoms with van der Waals surface area (Å²) >= 11 is 0. The van der Waals surface area contributed by atoms with Crippen LogP contribution < -0.4 is 10.9 Å². The first kappa shape index (κ1) is 16.7. The highest BCUT2D eigenvalue weighted by Crippen LogP contribution is 2.28. The molecule has 0 atom stereocenters. The van der Waals surface area contributed by atoms with Gasteiger partial charge in [-0.15, -0.1) is 5.10 Å². The zero-order valence-electron chi connectivity index (χ0n) is 15.5. The molecule has 28 heavy (non-hydrogen) atoms. The van der Waals surface area contributed by atoms with Gasteiger partial charge >= 0.3 is 0 Å². The van der Waals surface area contributed by atoms with Gasteiger partial charge in [-0.3, -0.25) is 9.59 Å². The van der Waals surface area contributed by atoms with E-state index in [-0.39, 0.29) is 16.8 Å². The first-order valence-electron chi connectivity index (χ1n) is 9.42. The highest BCUT2D eigenvalue weighted by Gasteiger charge is 2.21. The van der Waals surface area contributed by atoms with Crippen LogP contribution in [0, 0.1) is 6.92 Å². The van der Waals surface area contributed by atoms with E-state index in [0.717, 1.165) is 30.5 Å². The van der Waals surface area contributed by atoms with Crippen molar-refractivity contribution in [3.05, 3.63) is 69.1 Å². The molecule has 0 fully saturated rings. The number of aromatic amines is 1. The largest absolute Gasteiger partial charge is 0.320 e. The smallest absolute Gasteiger partial charge is 0.278 e. The summed E-state index contributed by atoms with van der Waals surface area (Å²) in [4.78, 5) is 28.4. The number of anilines is 1. The van der Waals surface area contributed by atoms with E-state index in [4.69, 9.17) is 0 Å². The molecule has 0 aliphatic heterocycles. The number of nitrogens with zero attached hydrogens (tertiary/aromatic N) is 3. The van der Waals surface area contributed by atoms with Crippen molar-refractivity contribution in [1.82, 2.24) is 19.8 Å². The first-order valence-corrected chi connectivity index (χ1v) is 9.42. The molecule has 0 spiro atoms. The Morgan fingerprint density at radius 2 is 2.04 bits per heavy atom. The van der Waals surface area contributed by atoms with Crippen LogP contribution in [0.2, 0.25) is 0 Å². The molecule has 7 heteroatoms. The van der Waals surface area contributed by atoms with Gasteiger partial charge in [-0.05, 0) is 67.5 Å². The minimum Gasteiger partial charge on any atom is -0.320 e. The van der Waals surface area contributed by atoms with Crippen LogP contribution in [-0.4, -0.2) is 25.7 Å². The summed E-state index contributed by atoms with van der Waals surface area (Å²) in [6.07, 6.45) is 4.25. The number of H-pyrrole nitrogens is 1. The lowest BCUT2D eigenvalue weighted by molar-refractivity contribution is 0.102. The predicted octanol–water partition coefficient (Wildman–Crippen LogP) is 3.01. The Morgan fingerprint density at radius 3 is 2.93 bits per heavy atom. The molecule has 2 heterocycles. The number of hydrogen-bond donors (Lipinski definition) is 2. The zero-order valence-corrected chi connectivity index (χ0v) is 15.5. The highest BCUT2D eigenvalue weighted by molar-refractivity contribution is 6.08. The maximum absolute atomic E-state index is 12.9. The van der Waals surface area contributed by atoms with E-state index in [1.807, 2.05) is 37.3 Å². The van der Waals surface area contributed by atoms with Crippen LogP contribution in [0.3, 0.4) is 0 Å². The van der Waals surface area contributed by atoms with Gasteiger partial charge in [-0.2, -0.15) is 0 Å². The lowest BCUT2D eigenvalue weighted by Crippen LogP contribution is -2.19. The van der Waals surface area contributed by atoms with Crippen molar-refractivity contribution >= 4 is 28.1 Å². The quantitative estimate of drug-likeness (QED) is 0.565. The van der Waals surface area contributed by atoms with Gasteiger partial charge in [0.05, 0.1) is 11.0 Å². The molecule has 2 N–H and O–H groups in total. The SMILES string of the molecule is Cc1ccc2c(c1)[nH]c(=O)c1c(C(=O)Nc3cccc4c3CCCC4)nnn12. The Morgan fingerprint density at radius 1 is 1.18 bits per heavy atom. The number of fused-ring (bicyclic) bond motifs is 4. The first-order chi connectivity index (χ1) is 13.6. The second-order valence-electron chi connectivity index (χ2n) is 7.28. The number of carbonyl (C=O) groups is 1. The highest BCUT2D eigenvalue weighted by atomic mass is 16.2. The molecule has 0 saturated heterocycles. The molecule has 0 unspecified atom stereocenters. The summed E-state index contributed by atoms with van der Waals surface area (Å²) in [6.45, 7) is 1.95. The average molecular weight is 373 g/mol. The van der Waals surface area contributed by atoms with Gasteiger partial charge in [-0.25, -0.2) is 4.52 Å². The molecule has 0 bridgehead atoms. The molecule has 0 radical (unpaired) electrons. The van der Waals surface area contributed by atoms with Gasteiger partial charge in [0.25, 0.3) is 11.5 Å². The Bertz CT molecular complexity index is 1300. The summed E-state index contributed by atoms with van der Waals surface area (Å²) in [5, 5.41) is 11.0. The zero-order chi connectivity index (χ0) is 19.3. The fraction of sp³-hybridized carbons (Fsp3) is 0.238. The Labute approximate surface area is 160 Å². The number of aromatic nitrogens is 4. The fourth-order valence-corrected chi connectivity index (χ4v) is 4.00. The van der Waals surface area contributed by atoms with Crippen LogP contribution in [0.5, 0.6) is 0 Å². The van der Waals surface area contributed by atoms with Gasteiger partial charge in [-0.1, -0.05) is 23.4 Å². The second-order valence-corrected chi connectivity index (χ2v) is 7.28. The van der Waals surface area contributed by atoms with E-state index in [0.29, 0.717) is 11.0 Å². The van der Waals surface area contributed by atoms with Gasteiger partial charge < -0.3 is 10.3 Å². The van der Waals surface area contributed by atoms with Crippen molar-refractivity contribution in [1.29, 1.82) is 0 Å². The van der Waals surface area contributed by atoms with Gasteiger partial charge in [0, 0.05) is 5.69 Å². The molecule has 1 aliphatic rings. The summed E-state index contributed by atoms with van der Waals surface area (Å²) in [7, 11) is 0. The topological polar surface area (TPSA) is 92.1 Å². The van der Waals surface area contributed by atoms with E-state index >= 15 is 0 Å². The standard InChI is InChI=1S/C21H19N5O2/c1-12-9-10-17-16(11-12)23-21(28)19-18(24-25-26(17)19)20(27)22-15-8-4-6-13-5-2-3-7-14(13)15/h4,6,8-11H,2-3,5,7H2,1H3,(H,22,27)(H,23,28). The maximum Gasteiger partial charge on any atom is 0.278 e. The van der Waals surface area contributed by atoms with E-state index < -0.39 is 5.91 Å². The summed E-state index contributed by atoms with van der Waals surface area (Å²) in [5.74, 6) is -0.425. The van der Waals surface area contributed by atoms with Crippen molar-refractivity contribution in [2.45, 2.75) is 32.6 Å². The van der Waals surface area contributed by atoms with E-state index in [9.17, 15) is 9.59 Å². The number of aryl methyl sites for hydroxylation is 2. The Balaban J connectivity index is 1.59. The lowest BCUT2D eigenvalue weighted by Gasteiger charge is -2.19. The number of carbonyl (C=O) groups excluding carboxylic acids is 1. The molecule has 1 aliphatic carbocycles. The molecule has 2 aromatic heterocycles. The van der Waals surface area contributed by atoms with Crippen molar-refractivity contribution in [3.8, 4) is 0 Å². The summed E-state index contributed by atoms with van der Waals surface area (Å²) < 4.78 is 1.43. The summed E-state index contributed by atoms with van der Waals surface area (Å²) in [6, 6.07) is 11.6. The van der Waals surface area contributed by atoms with Crippen LogP contribution >= 0.6 is 0 Å². The molecule has 140 valence electrons. The maximum atomic E-state index is 12.9. The fourth-order valence-electron chi connectivity index (χ4n) is 4.00. The number of rotatable bonds is 2. The third kappa shape index (κ3) is 2.58. The summed E-state index contributed by atoms with van der Waals surface area (Å²) in [5.41, 5.74) is 5.41. The number of amides is 1. The van der Waals surface area contributed by atoms with E-state index in [1.165, 1.54) is 22.1 Å². The monoisotopic (exact) mass is 373 g/mol. The van der Waals surface area contributed by atoms with Crippen LogP contribution in [0.4, 0.5) is 5.69 Å². The third-order valence-electron chi connectivity index (χ3n) is 5.37. The van der Waals surface area contributed by atoms with Crippen LogP contribution in [0.1, 0.15) is 40.0 Å². The van der Waals surface area contributed by atoms with Crippen molar-refractivity contribution < 1.29 is 4.79 Å². The van der Waals surface area contributed by atoms with Gasteiger partial charge in [0.2, 0.25) is 0 Å². The van der Waals surface area contributed by atoms with E-state index in [2.05, 4.69) is 26.7 Å². The minimum atomic E-state index is -0.425. The predicted molar refractivity (Wildman–Crippen MR) is 107 cm³/mol. The molecular weight excluding hydrogens is 354 g/mol. The molecule has 0 saturated carbocycles. The van der Waals surface area contributed by atoms with Crippen LogP contribution in [-0.2, 0) is 12.8 Å². The lowest BCUT2D eigenvalue weighted by atomic mass is 9.90. The molecule has 1 amide bonds. The number of hydrogen-bond acceptors (Lipinski definition) is 4. The molecule has 2 aromatic carbocycles. The van der Waals surface area contributed by atoms with Crippen molar-refractivity contribution in [3.63, 3.8) is 0 Å². The second kappa shape index (κ2) is 6.30. The Hall–Kier alpha value is -3.48.